The summed E-state index contributed by atoms with van der Waals surface area (Å²) >= 11 is 0. The van der Waals surface area contributed by atoms with Crippen LogP contribution in [0.15, 0.2) is 16.5 Å². The van der Waals surface area contributed by atoms with Gasteiger partial charge in [-0.3, -0.25) is 0 Å². The van der Waals surface area contributed by atoms with Crippen molar-refractivity contribution in [3.63, 3.8) is 0 Å². The molecule has 13 heavy (non-hydrogen) atoms. The number of aryl methyl sites for hydroxylation is 1. The van der Waals surface area contributed by atoms with Crippen molar-refractivity contribution in [3.05, 3.63) is 23.7 Å². The molecule has 0 aliphatic heterocycles. The number of furan rings is 1. The Morgan fingerprint density at radius 3 is 2.54 bits per heavy atom. The molecule has 0 spiro atoms. The summed E-state index contributed by atoms with van der Waals surface area (Å²) in [7, 11) is -3.67. The Labute approximate surface area is 77.1 Å². The van der Waals surface area contributed by atoms with Crippen molar-refractivity contribution in [2.45, 2.75) is 19.9 Å². The number of rotatable bonds is 3. The minimum atomic E-state index is -3.67. The van der Waals surface area contributed by atoms with E-state index in [0.29, 0.717) is 5.76 Å². The van der Waals surface area contributed by atoms with Gasteiger partial charge in [-0.25, -0.2) is 5.14 Å². The molecule has 0 aliphatic carbocycles. The lowest BCUT2D eigenvalue weighted by Crippen LogP contribution is -2.32. The first-order valence-corrected chi connectivity index (χ1v) is 5.29. The van der Waals surface area contributed by atoms with Gasteiger partial charge in [-0.1, -0.05) is 0 Å². The molecule has 0 radical (unpaired) electrons. The van der Waals surface area contributed by atoms with Gasteiger partial charge in [-0.15, -0.1) is 0 Å². The fraction of sp³-hybridized carbons (Fsp3) is 0.429. The molecule has 0 saturated heterocycles. The van der Waals surface area contributed by atoms with Crippen molar-refractivity contribution < 1.29 is 12.8 Å². The van der Waals surface area contributed by atoms with E-state index in [1.54, 1.807) is 26.0 Å². The number of hydrogen-bond donors (Lipinski definition) is 2. The van der Waals surface area contributed by atoms with Gasteiger partial charge in [0.05, 0.1) is 6.04 Å². The molecule has 0 bridgehead atoms. The monoisotopic (exact) mass is 204 g/mol. The molecule has 0 aliphatic rings. The number of hydrogen-bond acceptors (Lipinski definition) is 3. The zero-order chi connectivity index (χ0) is 10.1. The smallest absolute Gasteiger partial charge is 0.275 e. The summed E-state index contributed by atoms with van der Waals surface area (Å²) in [5, 5.41) is 4.80. The third kappa shape index (κ3) is 3.17. The van der Waals surface area contributed by atoms with Crippen LogP contribution in [0.2, 0.25) is 0 Å². The SMILES string of the molecule is Cc1ccc(C(C)NS(N)(=O)=O)o1. The molecule has 1 atom stereocenters. The van der Waals surface area contributed by atoms with Gasteiger partial charge >= 0.3 is 0 Å². The average Bonchev–Trinajstić information content (AvgIpc) is 2.31. The first-order valence-electron chi connectivity index (χ1n) is 3.75. The zero-order valence-corrected chi connectivity index (χ0v) is 8.26. The van der Waals surface area contributed by atoms with Gasteiger partial charge in [0.15, 0.2) is 0 Å². The van der Waals surface area contributed by atoms with E-state index in [-0.39, 0.29) is 0 Å². The van der Waals surface area contributed by atoms with Crippen LogP contribution in [0.5, 0.6) is 0 Å². The molecule has 1 aromatic heterocycles. The standard InChI is InChI=1S/C7H12N2O3S/c1-5-3-4-7(12-5)6(2)9-13(8,10)11/h3-4,6,9H,1-2H3,(H2,8,10,11). The van der Waals surface area contributed by atoms with Crippen LogP contribution in [-0.2, 0) is 10.2 Å². The lowest BCUT2D eigenvalue weighted by atomic mass is 10.3. The summed E-state index contributed by atoms with van der Waals surface area (Å²) in [6, 6.07) is 3.03. The Kier molecular flexibility index (Phi) is 2.74. The Hall–Kier alpha value is -0.850. The fourth-order valence-electron chi connectivity index (χ4n) is 0.991. The number of nitrogens with two attached hydrogens (primary N) is 1. The van der Waals surface area contributed by atoms with Crippen molar-refractivity contribution in [2.75, 3.05) is 0 Å². The van der Waals surface area contributed by atoms with Crippen LogP contribution >= 0.6 is 0 Å². The second-order valence-corrected chi connectivity index (χ2v) is 4.16. The summed E-state index contributed by atoms with van der Waals surface area (Å²) in [6.07, 6.45) is 0. The lowest BCUT2D eigenvalue weighted by Gasteiger charge is -2.07. The minimum absolute atomic E-state index is 0.441. The third-order valence-corrected chi connectivity index (χ3v) is 2.21. The average molecular weight is 204 g/mol. The maximum Gasteiger partial charge on any atom is 0.275 e. The summed E-state index contributed by atoms with van der Waals surface area (Å²) in [5.74, 6) is 1.28. The summed E-state index contributed by atoms with van der Waals surface area (Å²) in [6.45, 7) is 3.44. The Balaban J connectivity index is 2.75. The van der Waals surface area contributed by atoms with E-state index in [1.165, 1.54) is 0 Å². The molecule has 6 heteroatoms. The van der Waals surface area contributed by atoms with Gasteiger partial charge in [0, 0.05) is 0 Å². The summed E-state index contributed by atoms with van der Waals surface area (Å²) < 4.78 is 28.7. The molecule has 0 saturated carbocycles. The summed E-state index contributed by atoms with van der Waals surface area (Å²) in [5.41, 5.74) is 0. The molecule has 3 N–H and O–H groups in total. The van der Waals surface area contributed by atoms with E-state index < -0.39 is 16.3 Å². The Morgan fingerprint density at radius 1 is 1.54 bits per heavy atom. The van der Waals surface area contributed by atoms with Crippen LogP contribution in [0.3, 0.4) is 0 Å². The van der Waals surface area contributed by atoms with Crippen LogP contribution in [0.4, 0.5) is 0 Å². The second-order valence-electron chi connectivity index (χ2n) is 2.83. The summed E-state index contributed by atoms with van der Waals surface area (Å²) in [4.78, 5) is 0. The lowest BCUT2D eigenvalue weighted by molar-refractivity contribution is 0.441. The van der Waals surface area contributed by atoms with Gasteiger partial charge in [-0.2, -0.15) is 13.1 Å². The molecule has 1 heterocycles. The highest BCUT2D eigenvalue weighted by Crippen LogP contribution is 2.15. The Morgan fingerprint density at radius 2 is 2.15 bits per heavy atom. The third-order valence-electron chi connectivity index (χ3n) is 1.53. The molecule has 1 unspecified atom stereocenters. The van der Waals surface area contributed by atoms with Crippen LogP contribution in [-0.4, -0.2) is 8.42 Å². The maximum absolute atomic E-state index is 10.6. The van der Waals surface area contributed by atoms with E-state index in [9.17, 15) is 8.42 Å². The van der Waals surface area contributed by atoms with Crippen molar-refractivity contribution in [1.29, 1.82) is 0 Å². The molecular formula is C7H12N2O3S. The van der Waals surface area contributed by atoms with Crippen molar-refractivity contribution >= 4 is 10.2 Å². The maximum atomic E-state index is 10.6. The normalized spacial score (nSPS) is 14.4. The number of nitrogens with one attached hydrogen (secondary N) is 1. The molecule has 1 rings (SSSR count). The van der Waals surface area contributed by atoms with Crippen LogP contribution in [0.25, 0.3) is 0 Å². The van der Waals surface area contributed by atoms with Gasteiger partial charge in [-0.05, 0) is 26.0 Å². The largest absolute Gasteiger partial charge is 0.465 e. The second kappa shape index (κ2) is 3.49. The quantitative estimate of drug-likeness (QED) is 0.749. The predicted molar refractivity (Wildman–Crippen MR) is 48.1 cm³/mol. The van der Waals surface area contributed by atoms with Gasteiger partial charge in [0.25, 0.3) is 10.2 Å². The van der Waals surface area contributed by atoms with E-state index in [4.69, 9.17) is 9.56 Å². The first kappa shape index (κ1) is 10.2. The fourth-order valence-corrected chi connectivity index (χ4v) is 1.60. The highest BCUT2D eigenvalue weighted by atomic mass is 32.2. The molecule has 5 nitrogen and oxygen atoms in total. The van der Waals surface area contributed by atoms with Crippen molar-refractivity contribution in [1.82, 2.24) is 4.72 Å². The van der Waals surface area contributed by atoms with Gasteiger partial charge in [0.2, 0.25) is 0 Å². The highest BCUT2D eigenvalue weighted by molar-refractivity contribution is 7.87. The molecular weight excluding hydrogens is 192 g/mol. The van der Waals surface area contributed by atoms with E-state index >= 15 is 0 Å². The van der Waals surface area contributed by atoms with E-state index in [2.05, 4.69) is 4.72 Å². The van der Waals surface area contributed by atoms with Crippen molar-refractivity contribution in [2.24, 2.45) is 5.14 Å². The molecule has 1 aromatic rings. The van der Waals surface area contributed by atoms with E-state index in [1.807, 2.05) is 0 Å². The van der Waals surface area contributed by atoms with Gasteiger partial charge < -0.3 is 4.42 Å². The van der Waals surface area contributed by atoms with E-state index in [0.717, 1.165) is 5.76 Å². The van der Waals surface area contributed by atoms with Crippen LogP contribution in [0.1, 0.15) is 24.5 Å². The molecule has 0 amide bonds. The predicted octanol–water partition coefficient (Wildman–Crippen LogP) is 0.442. The molecule has 0 aromatic carbocycles. The van der Waals surface area contributed by atoms with Crippen LogP contribution in [0, 0.1) is 6.92 Å². The molecule has 0 fully saturated rings. The first-order chi connectivity index (χ1) is 5.88. The van der Waals surface area contributed by atoms with Crippen molar-refractivity contribution in [3.8, 4) is 0 Å². The zero-order valence-electron chi connectivity index (χ0n) is 7.44. The van der Waals surface area contributed by atoms with Gasteiger partial charge in [0.1, 0.15) is 11.5 Å². The Bertz CT molecular complexity index is 382. The topological polar surface area (TPSA) is 85.3 Å². The van der Waals surface area contributed by atoms with Crippen LogP contribution < -0.4 is 9.86 Å². The highest BCUT2D eigenvalue weighted by Gasteiger charge is 2.13. The molecule has 74 valence electrons. The minimum Gasteiger partial charge on any atom is -0.465 e.